The summed E-state index contributed by atoms with van der Waals surface area (Å²) in [4.78, 5) is 8.24. The number of rotatable bonds is 4. The van der Waals surface area contributed by atoms with Crippen LogP contribution in [0.5, 0.6) is 0 Å². The molecule has 5 heteroatoms. The van der Waals surface area contributed by atoms with E-state index in [2.05, 4.69) is 52.5 Å². The Hall–Kier alpha value is -2.10. The lowest BCUT2D eigenvalue weighted by molar-refractivity contribution is 1.04. The van der Waals surface area contributed by atoms with Crippen LogP contribution in [0.4, 0.5) is 5.95 Å². The van der Waals surface area contributed by atoms with Crippen molar-refractivity contribution in [3.63, 3.8) is 0 Å². The zero-order chi connectivity index (χ0) is 16.2. The number of nitrogens with zero attached hydrogens (tertiary/aromatic N) is 2. The van der Waals surface area contributed by atoms with Crippen molar-refractivity contribution in [1.82, 2.24) is 9.97 Å². The molecule has 0 aliphatic rings. The van der Waals surface area contributed by atoms with E-state index < -0.39 is 0 Å². The average molecular weight is 344 g/mol. The molecule has 0 amide bonds. The molecule has 0 spiro atoms. The second kappa shape index (κ2) is 6.99. The third kappa shape index (κ3) is 3.81. The van der Waals surface area contributed by atoms with Gasteiger partial charge in [-0.15, -0.1) is 0 Å². The normalized spacial score (nSPS) is 10.6. The first-order valence-corrected chi connectivity index (χ1v) is 7.97. The summed E-state index contributed by atoms with van der Waals surface area (Å²) in [5.74, 6) is 0.423. The lowest BCUT2D eigenvalue weighted by atomic mass is 9.96. The van der Waals surface area contributed by atoms with E-state index >= 15 is 0 Å². The second-order valence-electron chi connectivity index (χ2n) is 5.15. The van der Waals surface area contributed by atoms with Crippen LogP contribution >= 0.6 is 23.2 Å². The highest BCUT2D eigenvalue weighted by Crippen LogP contribution is 2.26. The molecular weight excluding hydrogens is 329 g/mol. The van der Waals surface area contributed by atoms with E-state index in [9.17, 15) is 0 Å². The van der Waals surface area contributed by atoms with Crippen LogP contribution in [0.1, 0.15) is 11.1 Å². The minimum Gasteiger partial charge on any atom is -0.350 e. The van der Waals surface area contributed by atoms with Crippen molar-refractivity contribution in [3.8, 4) is 11.1 Å². The van der Waals surface area contributed by atoms with Gasteiger partial charge in [0.05, 0.1) is 0 Å². The van der Waals surface area contributed by atoms with E-state index in [-0.39, 0.29) is 0 Å². The van der Waals surface area contributed by atoms with Crippen LogP contribution in [0.2, 0.25) is 10.3 Å². The molecule has 1 N–H and O–H groups in total. The van der Waals surface area contributed by atoms with Crippen LogP contribution < -0.4 is 5.32 Å². The Morgan fingerprint density at radius 3 is 2.30 bits per heavy atom. The Morgan fingerprint density at radius 2 is 1.61 bits per heavy atom. The van der Waals surface area contributed by atoms with Crippen molar-refractivity contribution in [2.24, 2.45) is 0 Å². The van der Waals surface area contributed by atoms with Gasteiger partial charge >= 0.3 is 0 Å². The fraction of sp³-hybridized carbons (Fsp3) is 0.111. The third-order valence-electron chi connectivity index (χ3n) is 3.63. The summed E-state index contributed by atoms with van der Waals surface area (Å²) in [7, 11) is 0. The maximum atomic E-state index is 5.89. The number of nitrogens with one attached hydrogen (secondary N) is 1. The van der Waals surface area contributed by atoms with Crippen LogP contribution in [0.15, 0.2) is 54.6 Å². The number of aromatic nitrogens is 2. The van der Waals surface area contributed by atoms with Gasteiger partial charge in [-0.3, -0.25) is 0 Å². The molecule has 1 aromatic heterocycles. The maximum Gasteiger partial charge on any atom is 0.225 e. The van der Waals surface area contributed by atoms with Gasteiger partial charge in [-0.05, 0) is 29.2 Å². The third-order valence-corrected chi connectivity index (χ3v) is 4.02. The Bertz CT molecular complexity index is 800. The summed E-state index contributed by atoms with van der Waals surface area (Å²) >= 11 is 11.8. The fourth-order valence-electron chi connectivity index (χ4n) is 2.45. The second-order valence-corrected chi connectivity index (χ2v) is 5.92. The maximum absolute atomic E-state index is 5.89. The molecule has 0 aliphatic carbocycles. The van der Waals surface area contributed by atoms with Gasteiger partial charge in [-0.2, -0.15) is 0 Å². The number of anilines is 1. The van der Waals surface area contributed by atoms with Gasteiger partial charge in [-0.1, -0.05) is 71.7 Å². The molecule has 0 fully saturated rings. The topological polar surface area (TPSA) is 37.8 Å². The van der Waals surface area contributed by atoms with Gasteiger partial charge in [0.1, 0.15) is 10.3 Å². The van der Waals surface area contributed by atoms with Crippen molar-refractivity contribution < 1.29 is 0 Å². The molecule has 23 heavy (non-hydrogen) atoms. The van der Waals surface area contributed by atoms with E-state index in [1.54, 1.807) is 0 Å². The molecule has 3 rings (SSSR count). The molecule has 3 aromatic rings. The first-order chi connectivity index (χ1) is 11.1. The van der Waals surface area contributed by atoms with E-state index in [0.29, 0.717) is 22.8 Å². The molecule has 0 saturated carbocycles. The molecule has 0 aliphatic heterocycles. The summed E-state index contributed by atoms with van der Waals surface area (Å²) in [6, 6.07) is 18.1. The zero-order valence-electron chi connectivity index (χ0n) is 12.6. The molecule has 0 bridgehead atoms. The van der Waals surface area contributed by atoms with Crippen molar-refractivity contribution in [3.05, 3.63) is 76.0 Å². The van der Waals surface area contributed by atoms with Gasteiger partial charge in [0.2, 0.25) is 5.95 Å². The van der Waals surface area contributed by atoms with Gasteiger partial charge in [0, 0.05) is 12.6 Å². The number of hydrogen-bond acceptors (Lipinski definition) is 3. The molecule has 116 valence electrons. The number of halogens is 2. The molecular formula is C18H15Cl2N3. The summed E-state index contributed by atoms with van der Waals surface area (Å²) in [6.07, 6.45) is 0. The van der Waals surface area contributed by atoms with Crippen molar-refractivity contribution in [2.45, 2.75) is 13.5 Å². The Labute approximate surface area is 145 Å². The molecule has 2 aromatic carbocycles. The van der Waals surface area contributed by atoms with Crippen LogP contribution in [0.3, 0.4) is 0 Å². The van der Waals surface area contributed by atoms with Crippen molar-refractivity contribution >= 4 is 29.2 Å². The molecule has 0 atom stereocenters. The SMILES string of the molecule is Cc1c(CNc2nc(Cl)cc(Cl)n2)cccc1-c1ccccc1. The first kappa shape index (κ1) is 15.8. The fourth-order valence-corrected chi connectivity index (χ4v) is 2.87. The monoisotopic (exact) mass is 343 g/mol. The van der Waals surface area contributed by atoms with Gasteiger partial charge in [0.15, 0.2) is 0 Å². The predicted molar refractivity (Wildman–Crippen MR) is 96.0 cm³/mol. The standard InChI is InChI=1S/C18H15Cl2N3/c1-12-14(11-21-18-22-16(19)10-17(20)23-18)8-5-9-15(12)13-6-3-2-4-7-13/h2-10H,11H2,1H3,(H,21,22,23). The lowest BCUT2D eigenvalue weighted by Gasteiger charge is -2.12. The van der Waals surface area contributed by atoms with Crippen LogP contribution in [-0.2, 0) is 6.54 Å². The molecule has 0 radical (unpaired) electrons. The van der Waals surface area contributed by atoms with E-state index in [0.717, 1.165) is 0 Å². The Balaban J connectivity index is 1.84. The van der Waals surface area contributed by atoms with Crippen LogP contribution in [0.25, 0.3) is 11.1 Å². The van der Waals surface area contributed by atoms with Gasteiger partial charge in [-0.25, -0.2) is 9.97 Å². The quantitative estimate of drug-likeness (QED) is 0.647. The van der Waals surface area contributed by atoms with Crippen molar-refractivity contribution in [2.75, 3.05) is 5.32 Å². The average Bonchev–Trinajstić information content (AvgIpc) is 2.54. The van der Waals surface area contributed by atoms with Gasteiger partial charge < -0.3 is 5.32 Å². The lowest BCUT2D eigenvalue weighted by Crippen LogP contribution is -2.05. The summed E-state index contributed by atoms with van der Waals surface area (Å²) < 4.78 is 0. The largest absolute Gasteiger partial charge is 0.350 e. The molecule has 0 unspecified atom stereocenters. The highest BCUT2D eigenvalue weighted by Gasteiger charge is 2.07. The highest BCUT2D eigenvalue weighted by molar-refractivity contribution is 6.33. The minimum absolute atomic E-state index is 0.322. The number of hydrogen-bond donors (Lipinski definition) is 1. The first-order valence-electron chi connectivity index (χ1n) is 7.21. The zero-order valence-corrected chi connectivity index (χ0v) is 14.1. The summed E-state index contributed by atoms with van der Waals surface area (Å²) in [6.45, 7) is 2.72. The van der Waals surface area contributed by atoms with Gasteiger partial charge in [0.25, 0.3) is 0 Å². The molecule has 3 nitrogen and oxygen atoms in total. The highest BCUT2D eigenvalue weighted by atomic mass is 35.5. The number of benzene rings is 2. The van der Waals surface area contributed by atoms with Crippen LogP contribution in [-0.4, -0.2) is 9.97 Å². The minimum atomic E-state index is 0.322. The van der Waals surface area contributed by atoms with E-state index in [4.69, 9.17) is 23.2 Å². The van der Waals surface area contributed by atoms with E-state index in [1.807, 2.05) is 18.2 Å². The summed E-state index contributed by atoms with van der Waals surface area (Å²) in [5.41, 5.74) is 4.81. The molecule has 1 heterocycles. The predicted octanol–water partition coefficient (Wildman–Crippen LogP) is 5.37. The van der Waals surface area contributed by atoms with Crippen molar-refractivity contribution in [1.29, 1.82) is 0 Å². The Kier molecular flexibility index (Phi) is 4.79. The summed E-state index contributed by atoms with van der Waals surface area (Å²) in [5, 5.41) is 3.81. The molecule has 0 saturated heterocycles. The van der Waals surface area contributed by atoms with Crippen LogP contribution in [0, 0.1) is 6.92 Å². The van der Waals surface area contributed by atoms with E-state index in [1.165, 1.54) is 28.3 Å². The smallest absolute Gasteiger partial charge is 0.225 e. The Morgan fingerprint density at radius 1 is 0.913 bits per heavy atom.